The number of hydrogen-bond acceptors (Lipinski definition) is 6. The molecule has 0 aliphatic carbocycles. The number of unbranched alkanes of at least 4 members (excludes halogenated alkanes) is 4. The predicted octanol–water partition coefficient (Wildman–Crippen LogP) is 5.26. The third-order valence-corrected chi connectivity index (χ3v) is 11.0. The molecule has 1 aromatic carbocycles. The van der Waals surface area contributed by atoms with Crippen molar-refractivity contribution in [3.63, 3.8) is 0 Å². The first kappa shape index (κ1) is 30.7. The predicted molar refractivity (Wildman–Crippen MR) is 160 cm³/mol. The lowest BCUT2D eigenvalue weighted by Gasteiger charge is -2.40. The molecule has 0 saturated carbocycles. The summed E-state index contributed by atoms with van der Waals surface area (Å²) in [7, 11) is 0. The van der Waals surface area contributed by atoms with Crippen molar-refractivity contribution in [1.82, 2.24) is 4.90 Å². The van der Waals surface area contributed by atoms with E-state index in [4.69, 9.17) is 16.3 Å². The van der Waals surface area contributed by atoms with E-state index in [0.717, 1.165) is 32.1 Å². The highest BCUT2D eigenvalue weighted by Gasteiger charge is 2.76. The minimum Gasteiger partial charge on any atom is -0.465 e. The molecule has 3 fully saturated rings. The number of rotatable bonds is 15. The number of hydrogen-bond donors (Lipinski definition) is 1. The van der Waals surface area contributed by atoms with Crippen LogP contribution in [0.5, 0.6) is 0 Å². The number of ether oxygens (including phenoxy) is 1. The Labute approximate surface area is 246 Å². The Morgan fingerprint density at radius 1 is 1.20 bits per heavy atom. The summed E-state index contributed by atoms with van der Waals surface area (Å²) >= 11 is 8.19. The van der Waals surface area contributed by atoms with Gasteiger partial charge in [0.05, 0.1) is 33.9 Å². The van der Waals surface area contributed by atoms with Gasteiger partial charge in [-0.05, 0) is 63.0 Å². The minimum atomic E-state index is -0.745. The molecule has 0 aromatic heterocycles. The zero-order valence-corrected chi connectivity index (χ0v) is 24.9. The van der Waals surface area contributed by atoms with E-state index in [2.05, 4.69) is 20.1 Å². The largest absolute Gasteiger partial charge is 0.465 e. The molecule has 0 radical (unpaired) electrons. The van der Waals surface area contributed by atoms with Gasteiger partial charge in [-0.25, -0.2) is 0 Å². The minimum absolute atomic E-state index is 0.0568. The summed E-state index contributed by atoms with van der Waals surface area (Å²) in [5, 5.41) is 9.66. The van der Waals surface area contributed by atoms with Gasteiger partial charge in [0.1, 0.15) is 6.04 Å². The average molecular weight is 589 g/mol. The molecule has 40 heavy (non-hydrogen) atoms. The molecule has 1 aromatic rings. The number of esters is 1. The lowest BCUT2D eigenvalue weighted by Crippen LogP contribution is -2.57. The monoisotopic (exact) mass is 588 g/mol. The zero-order valence-electron chi connectivity index (χ0n) is 23.3. The van der Waals surface area contributed by atoms with Crippen molar-refractivity contribution >= 4 is 46.8 Å². The number of carbonyl (C=O) groups excluding carboxylic acids is 3. The molecule has 1 N–H and O–H groups in total. The number of nitrogens with zero attached hydrogens (tertiary/aromatic N) is 2. The van der Waals surface area contributed by atoms with E-state index in [1.54, 1.807) is 39.8 Å². The number of halogens is 1. The Bertz CT molecular complexity index is 1110. The maximum Gasteiger partial charge on any atom is 0.310 e. The normalized spacial score (nSPS) is 28.4. The lowest BCUT2D eigenvalue weighted by molar-refractivity contribution is -0.154. The van der Waals surface area contributed by atoms with Crippen LogP contribution in [0.1, 0.15) is 51.9 Å². The number of anilines is 1. The van der Waals surface area contributed by atoms with Gasteiger partial charge in [-0.2, -0.15) is 0 Å². The van der Waals surface area contributed by atoms with Gasteiger partial charge < -0.3 is 19.6 Å². The van der Waals surface area contributed by atoms with Crippen LogP contribution < -0.4 is 4.90 Å². The van der Waals surface area contributed by atoms with Crippen molar-refractivity contribution in [1.29, 1.82) is 0 Å². The molecule has 218 valence electrons. The number of aliphatic hydroxyl groups is 1. The summed E-state index contributed by atoms with van der Waals surface area (Å²) in [5.41, 5.74) is 0.572. The number of thioether (sulfide) groups is 1. The summed E-state index contributed by atoms with van der Waals surface area (Å²) < 4.78 is 4.98. The highest BCUT2D eigenvalue weighted by atomic mass is 35.5. The number of likely N-dealkylation sites (tertiary alicyclic amines) is 1. The quantitative estimate of drug-likeness (QED) is 0.171. The number of allylic oxidation sites excluding steroid dienone is 1. The molecule has 3 heterocycles. The summed E-state index contributed by atoms with van der Waals surface area (Å²) in [4.78, 5) is 45.6. The standard InChI is InChI=1S/C31H41ClN2O5S/c1-4-6-7-13-19-39-30(38)25-24-20-21(3)31(40-24)26(25)28(36)34(17-11-8-12-18-35)27(31)29(37)33(16-5-2)23-15-10-9-14-22(23)32/h4-5,9-10,14-15,21,24-27,35H,1-2,6-8,11-13,16-20H2,3H3/t21?,24-,25+,26+,27?,31?/m1/s1. The Morgan fingerprint density at radius 3 is 2.67 bits per heavy atom. The van der Waals surface area contributed by atoms with Crippen LogP contribution in [0.4, 0.5) is 5.69 Å². The molecular weight excluding hydrogens is 548 g/mol. The first-order valence-electron chi connectivity index (χ1n) is 14.4. The van der Waals surface area contributed by atoms with Crippen LogP contribution in [0.25, 0.3) is 0 Å². The second-order valence-corrected chi connectivity index (χ2v) is 13.0. The number of carbonyl (C=O) groups is 3. The van der Waals surface area contributed by atoms with Crippen molar-refractivity contribution in [3.8, 4) is 0 Å². The van der Waals surface area contributed by atoms with E-state index in [0.29, 0.717) is 36.7 Å². The van der Waals surface area contributed by atoms with Crippen LogP contribution in [0.15, 0.2) is 49.6 Å². The molecule has 3 aliphatic rings. The molecule has 3 saturated heterocycles. The van der Waals surface area contributed by atoms with E-state index >= 15 is 0 Å². The molecule has 3 aliphatic heterocycles. The van der Waals surface area contributed by atoms with E-state index in [1.807, 2.05) is 18.2 Å². The van der Waals surface area contributed by atoms with E-state index in [-0.39, 0.29) is 42.1 Å². The molecule has 7 nitrogen and oxygen atoms in total. The number of benzene rings is 1. The zero-order chi connectivity index (χ0) is 28.9. The van der Waals surface area contributed by atoms with Crippen LogP contribution in [0.3, 0.4) is 0 Å². The summed E-state index contributed by atoms with van der Waals surface area (Å²) in [6.07, 6.45) is 8.79. The molecule has 2 bridgehead atoms. The SMILES string of the molecule is C=CCCCCOC(=O)[C@@H]1[C@H]2C(=O)N(CCCCCO)C(C(=O)N(CC=C)c3ccccc3Cl)C23S[C@@H]1CC3C. The molecule has 1 spiro atoms. The number of para-hydroxylation sites is 1. The third-order valence-electron chi connectivity index (χ3n) is 8.58. The van der Waals surface area contributed by atoms with Gasteiger partial charge in [0.2, 0.25) is 5.91 Å². The van der Waals surface area contributed by atoms with Gasteiger partial charge in [0.15, 0.2) is 0 Å². The molecular formula is C31H41ClN2O5S. The number of aliphatic hydroxyl groups excluding tert-OH is 1. The number of amides is 2. The molecule has 2 amide bonds. The average Bonchev–Trinajstić information content (AvgIpc) is 3.53. The van der Waals surface area contributed by atoms with Crippen LogP contribution in [-0.4, -0.2) is 70.1 Å². The Hall–Kier alpha value is -2.29. The van der Waals surface area contributed by atoms with Gasteiger partial charge in [0, 0.05) is 24.9 Å². The highest BCUT2D eigenvalue weighted by Crippen LogP contribution is 2.69. The summed E-state index contributed by atoms with van der Waals surface area (Å²) in [6, 6.07) is 6.45. The lowest BCUT2D eigenvalue weighted by atomic mass is 9.66. The first-order valence-corrected chi connectivity index (χ1v) is 15.6. The molecule has 3 unspecified atom stereocenters. The smallest absolute Gasteiger partial charge is 0.310 e. The fourth-order valence-electron chi connectivity index (χ4n) is 6.79. The van der Waals surface area contributed by atoms with Crippen LogP contribution in [0, 0.1) is 17.8 Å². The van der Waals surface area contributed by atoms with Gasteiger partial charge >= 0.3 is 5.97 Å². The van der Waals surface area contributed by atoms with Crippen molar-refractivity contribution < 1.29 is 24.2 Å². The van der Waals surface area contributed by atoms with E-state index < -0.39 is 22.6 Å². The van der Waals surface area contributed by atoms with Crippen LogP contribution >= 0.6 is 23.4 Å². The van der Waals surface area contributed by atoms with Gasteiger partial charge in [-0.15, -0.1) is 24.9 Å². The van der Waals surface area contributed by atoms with E-state index in [1.165, 1.54) is 0 Å². The van der Waals surface area contributed by atoms with Gasteiger partial charge in [0.25, 0.3) is 5.91 Å². The van der Waals surface area contributed by atoms with Crippen molar-refractivity contribution in [2.45, 2.75) is 67.9 Å². The van der Waals surface area contributed by atoms with Gasteiger partial charge in [-0.3, -0.25) is 14.4 Å². The van der Waals surface area contributed by atoms with Crippen molar-refractivity contribution in [2.75, 3.05) is 31.2 Å². The van der Waals surface area contributed by atoms with Crippen LogP contribution in [-0.2, 0) is 19.1 Å². The second kappa shape index (κ2) is 13.6. The Kier molecular flexibility index (Phi) is 10.4. The molecule has 4 rings (SSSR count). The van der Waals surface area contributed by atoms with E-state index in [9.17, 15) is 19.5 Å². The third kappa shape index (κ3) is 5.59. The Balaban J connectivity index is 1.69. The fourth-order valence-corrected chi connectivity index (χ4v) is 9.43. The Morgan fingerprint density at radius 2 is 1.98 bits per heavy atom. The summed E-state index contributed by atoms with van der Waals surface area (Å²) in [6.45, 7) is 10.7. The maximum absolute atomic E-state index is 14.6. The first-order chi connectivity index (χ1) is 19.3. The van der Waals surface area contributed by atoms with Crippen LogP contribution in [0.2, 0.25) is 5.02 Å². The second-order valence-electron chi connectivity index (χ2n) is 11.0. The molecule has 9 heteroatoms. The maximum atomic E-state index is 14.6. The molecule has 6 atom stereocenters. The van der Waals surface area contributed by atoms with Gasteiger partial charge in [-0.1, -0.05) is 42.8 Å². The summed E-state index contributed by atoms with van der Waals surface area (Å²) in [5.74, 6) is -1.80. The number of fused-ring (bicyclic) bond motifs is 1. The van der Waals surface area contributed by atoms with Crippen molar-refractivity contribution in [3.05, 3.63) is 54.6 Å². The van der Waals surface area contributed by atoms with Crippen molar-refractivity contribution in [2.24, 2.45) is 17.8 Å². The fraction of sp³-hybridized carbons (Fsp3) is 0.581. The topological polar surface area (TPSA) is 87.1 Å². The highest BCUT2D eigenvalue weighted by molar-refractivity contribution is 8.02.